The molecule has 0 aliphatic rings. The number of methoxy groups -OCH3 is 1. The van der Waals surface area contributed by atoms with Crippen LogP contribution in [-0.2, 0) is 11.3 Å². The van der Waals surface area contributed by atoms with Crippen molar-refractivity contribution in [3.05, 3.63) is 59.5 Å². The lowest BCUT2D eigenvalue weighted by Crippen LogP contribution is -2.49. The monoisotopic (exact) mass is 359 g/mol. The average Bonchev–Trinajstić information content (AvgIpc) is 2.64. The van der Waals surface area contributed by atoms with Gasteiger partial charge in [-0.15, -0.1) is 0 Å². The molecule has 7 heteroatoms. The lowest BCUT2D eigenvalue weighted by atomic mass is 10.0. The number of ether oxygens (including phenoxy) is 1. The molecule has 1 aromatic heterocycles. The first-order valence-corrected chi connectivity index (χ1v) is 8.25. The van der Waals surface area contributed by atoms with Gasteiger partial charge in [0, 0.05) is 18.3 Å². The number of benzene rings is 1. The number of nitrogens with one attached hydrogen (secondary N) is 2. The van der Waals surface area contributed by atoms with Gasteiger partial charge in [0.15, 0.2) is 0 Å². The van der Waals surface area contributed by atoms with Gasteiger partial charge in [0.25, 0.3) is 5.91 Å². The van der Waals surface area contributed by atoms with Crippen molar-refractivity contribution in [1.29, 1.82) is 0 Å². The largest absolute Gasteiger partial charge is 0.481 e. The summed E-state index contributed by atoms with van der Waals surface area (Å²) in [5.41, 5.74) is 0.617. The highest BCUT2D eigenvalue weighted by Gasteiger charge is 2.25. The number of nitrogens with zero attached hydrogens (tertiary/aromatic N) is 1. The summed E-state index contributed by atoms with van der Waals surface area (Å²) in [6.45, 7) is 3.81. The molecule has 0 bridgehead atoms. The Bertz CT molecular complexity index is 780. The van der Waals surface area contributed by atoms with Crippen LogP contribution >= 0.6 is 0 Å². The summed E-state index contributed by atoms with van der Waals surface area (Å²) >= 11 is 0. The van der Waals surface area contributed by atoms with Crippen LogP contribution in [-0.4, -0.2) is 29.9 Å². The average molecular weight is 359 g/mol. The van der Waals surface area contributed by atoms with Gasteiger partial charge in [-0.3, -0.25) is 9.59 Å². The molecule has 1 atom stereocenters. The number of hydrogen-bond donors (Lipinski definition) is 2. The van der Waals surface area contributed by atoms with Crippen LogP contribution in [0.25, 0.3) is 0 Å². The second-order valence-corrected chi connectivity index (χ2v) is 6.06. The molecule has 138 valence electrons. The van der Waals surface area contributed by atoms with E-state index in [4.69, 9.17) is 4.74 Å². The molecule has 0 fully saturated rings. The Kier molecular flexibility index (Phi) is 6.66. The highest BCUT2D eigenvalue weighted by molar-refractivity contribution is 5.97. The second-order valence-electron chi connectivity index (χ2n) is 6.06. The minimum atomic E-state index is -0.801. The number of amides is 2. The van der Waals surface area contributed by atoms with Gasteiger partial charge < -0.3 is 15.4 Å². The summed E-state index contributed by atoms with van der Waals surface area (Å²) in [6.07, 6.45) is 1.59. The van der Waals surface area contributed by atoms with E-state index in [-0.39, 0.29) is 23.9 Å². The maximum atomic E-state index is 13.8. The third kappa shape index (κ3) is 4.78. The van der Waals surface area contributed by atoms with E-state index in [0.29, 0.717) is 11.4 Å². The predicted octanol–water partition coefficient (Wildman–Crippen LogP) is 2.30. The highest BCUT2D eigenvalue weighted by Crippen LogP contribution is 2.14. The van der Waals surface area contributed by atoms with Crippen molar-refractivity contribution in [3.63, 3.8) is 0 Å². The second kappa shape index (κ2) is 8.94. The zero-order chi connectivity index (χ0) is 19.1. The topological polar surface area (TPSA) is 80.3 Å². The van der Waals surface area contributed by atoms with E-state index in [0.717, 1.165) is 0 Å². The Balaban J connectivity index is 2.05. The lowest BCUT2D eigenvalue weighted by Gasteiger charge is -2.22. The van der Waals surface area contributed by atoms with Crippen LogP contribution in [0, 0.1) is 11.7 Å². The van der Waals surface area contributed by atoms with E-state index in [2.05, 4.69) is 15.6 Å². The quantitative estimate of drug-likeness (QED) is 0.795. The zero-order valence-corrected chi connectivity index (χ0v) is 15.0. The molecule has 0 saturated heterocycles. The highest BCUT2D eigenvalue weighted by atomic mass is 19.1. The summed E-state index contributed by atoms with van der Waals surface area (Å²) in [5.74, 6) is -1.38. The van der Waals surface area contributed by atoms with Crippen molar-refractivity contribution in [1.82, 2.24) is 15.6 Å². The Morgan fingerprint density at radius 1 is 1.19 bits per heavy atom. The van der Waals surface area contributed by atoms with Gasteiger partial charge in [0.1, 0.15) is 11.9 Å². The minimum Gasteiger partial charge on any atom is -0.481 e. The molecule has 0 saturated carbocycles. The Morgan fingerprint density at radius 3 is 2.58 bits per heavy atom. The number of carbonyl (C=O) groups is 2. The fourth-order valence-corrected chi connectivity index (χ4v) is 2.43. The Labute approximate surface area is 151 Å². The fourth-order valence-electron chi connectivity index (χ4n) is 2.43. The Morgan fingerprint density at radius 2 is 1.92 bits per heavy atom. The van der Waals surface area contributed by atoms with Gasteiger partial charge in [0.05, 0.1) is 12.7 Å². The van der Waals surface area contributed by atoms with E-state index in [1.54, 1.807) is 38.2 Å². The normalized spacial score (nSPS) is 11.7. The van der Waals surface area contributed by atoms with Crippen LogP contribution in [0.5, 0.6) is 5.88 Å². The van der Waals surface area contributed by atoms with E-state index >= 15 is 0 Å². The molecule has 2 rings (SSSR count). The molecule has 0 aliphatic carbocycles. The maximum Gasteiger partial charge on any atom is 0.254 e. The number of carbonyl (C=O) groups excluding carboxylic acids is 2. The third-order valence-corrected chi connectivity index (χ3v) is 3.85. The molecule has 0 aliphatic heterocycles. The SMILES string of the molecule is COc1ncccc1CNC(=O)C(NC(=O)c1ccccc1F)C(C)C. The minimum absolute atomic E-state index is 0.0973. The number of rotatable bonds is 7. The van der Waals surface area contributed by atoms with Crippen molar-refractivity contribution in [3.8, 4) is 5.88 Å². The molecule has 0 radical (unpaired) electrons. The van der Waals surface area contributed by atoms with Crippen LogP contribution < -0.4 is 15.4 Å². The molecule has 2 aromatic rings. The molecule has 1 unspecified atom stereocenters. The fraction of sp³-hybridized carbons (Fsp3) is 0.316. The molecule has 2 N–H and O–H groups in total. The number of pyridine rings is 1. The summed E-state index contributed by atoms with van der Waals surface area (Å²) in [4.78, 5) is 28.9. The van der Waals surface area contributed by atoms with Gasteiger partial charge >= 0.3 is 0 Å². The van der Waals surface area contributed by atoms with E-state index in [9.17, 15) is 14.0 Å². The molecule has 2 amide bonds. The van der Waals surface area contributed by atoms with Gasteiger partial charge in [-0.2, -0.15) is 0 Å². The van der Waals surface area contributed by atoms with E-state index < -0.39 is 17.8 Å². The maximum absolute atomic E-state index is 13.8. The first-order chi connectivity index (χ1) is 12.4. The smallest absolute Gasteiger partial charge is 0.254 e. The summed E-state index contributed by atoms with van der Waals surface area (Å²) in [7, 11) is 1.50. The number of halogens is 1. The van der Waals surface area contributed by atoms with Crippen LogP contribution in [0.1, 0.15) is 29.8 Å². The first kappa shape index (κ1) is 19.4. The van der Waals surface area contributed by atoms with Crippen LogP contribution in [0.4, 0.5) is 4.39 Å². The summed E-state index contributed by atoms with van der Waals surface area (Å²) < 4.78 is 18.9. The van der Waals surface area contributed by atoms with Crippen molar-refractivity contribution in [2.75, 3.05) is 7.11 Å². The van der Waals surface area contributed by atoms with Gasteiger partial charge in [-0.05, 0) is 24.1 Å². The Hall–Kier alpha value is -2.96. The third-order valence-electron chi connectivity index (χ3n) is 3.85. The van der Waals surface area contributed by atoms with Crippen LogP contribution in [0.3, 0.4) is 0 Å². The van der Waals surface area contributed by atoms with E-state index in [1.165, 1.54) is 25.3 Å². The number of hydrogen-bond acceptors (Lipinski definition) is 4. The molecular weight excluding hydrogens is 337 g/mol. The molecule has 1 aromatic carbocycles. The van der Waals surface area contributed by atoms with Gasteiger partial charge in [-0.1, -0.05) is 32.0 Å². The first-order valence-electron chi connectivity index (χ1n) is 8.25. The van der Waals surface area contributed by atoms with Gasteiger partial charge in [0.2, 0.25) is 11.8 Å². The van der Waals surface area contributed by atoms with Crippen LogP contribution in [0.15, 0.2) is 42.6 Å². The van der Waals surface area contributed by atoms with E-state index in [1.807, 2.05) is 0 Å². The van der Waals surface area contributed by atoms with Crippen LogP contribution in [0.2, 0.25) is 0 Å². The molecule has 0 spiro atoms. The zero-order valence-electron chi connectivity index (χ0n) is 15.0. The van der Waals surface area contributed by atoms with Crippen molar-refractivity contribution in [2.24, 2.45) is 5.92 Å². The molecule has 1 heterocycles. The standard InChI is InChI=1S/C19H22FN3O3/c1-12(2)16(23-17(24)14-8-4-5-9-15(14)20)18(25)22-11-13-7-6-10-21-19(13)26-3/h4-10,12,16H,11H2,1-3H3,(H,22,25)(H,23,24). The molecular formula is C19H22FN3O3. The summed E-state index contributed by atoms with van der Waals surface area (Å²) in [6, 6.07) is 8.37. The predicted molar refractivity (Wildman–Crippen MR) is 95.1 cm³/mol. The van der Waals surface area contributed by atoms with Crippen molar-refractivity contribution >= 4 is 11.8 Å². The lowest BCUT2D eigenvalue weighted by molar-refractivity contribution is -0.124. The van der Waals surface area contributed by atoms with Crippen molar-refractivity contribution in [2.45, 2.75) is 26.4 Å². The molecule has 26 heavy (non-hydrogen) atoms. The number of aromatic nitrogens is 1. The summed E-state index contributed by atoms with van der Waals surface area (Å²) in [5, 5.41) is 5.36. The van der Waals surface area contributed by atoms with Gasteiger partial charge in [-0.25, -0.2) is 9.37 Å². The molecule has 6 nitrogen and oxygen atoms in total. The van der Waals surface area contributed by atoms with Crippen molar-refractivity contribution < 1.29 is 18.7 Å².